The number of hydrogen-bond acceptors (Lipinski definition) is 2. The van der Waals surface area contributed by atoms with Crippen LogP contribution < -0.4 is 4.74 Å². The average Bonchev–Trinajstić information content (AvgIpc) is 3.19. The molecule has 0 spiro atoms. The summed E-state index contributed by atoms with van der Waals surface area (Å²) in [6, 6.07) is 16.8. The van der Waals surface area contributed by atoms with Crippen LogP contribution in [0.1, 0.15) is 11.1 Å². The van der Waals surface area contributed by atoms with Crippen molar-refractivity contribution in [1.29, 1.82) is 0 Å². The van der Waals surface area contributed by atoms with Gasteiger partial charge in [-0.25, -0.2) is 13.8 Å². The Labute approximate surface area is 175 Å². The minimum absolute atomic E-state index is 0.149. The van der Waals surface area contributed by atoms with E-state index in [-0.39, 0.29) is 18.2 Å². The van der Waals surface area contributed by atoms with Crippen molar-refractivity contribution >= 4 is 15.9 Å². The largest absolute Gasteiger partial charge is 0.489 e. The molecule has 1 heterocycles. The minimum atomic E-state index is -0.307. The molecule has 3 nitrogen and oxygen atoms in total. The molecule has 0 saturated carbocycles. The first-order chi connectivity index (χ1) is 14.0. The van der Waals surface area contributed by atoms with Gasteiger partial charge in [-0.05, 0) is 67.1 Å². The summed E-state index contributed by atoms with van der Waals surface area (Å²) in [5.74, 6) is 0.766. The Morgan fingerprint density at radius 3 is 2.45 bits per heavy atom. The van der Waals surface area contributed by atoms with Gasteiger partial charge in [0.2, 0.25) is 0 Å². The first-order valence-corrected chi connectivity index (χ1v) is 9.78. The Balaban J connectivity index is 1.50. The molecule has 3 aromatic carbocycles. The number of nitrogens with zero attached hydrogens (tertiary/aromatic N) is 1. The Morgan fingerprint density at radius 2 is 1.72 bits per heavy atom. The fourth-order valence-corrected chi connectivity index (χ4v) is 3.32. The van der Waals surface area contributed by atoms with Gasteiger partial charge < -0.3 is 9.72 Å². The molecule has 0 aliphatic rings. The molecule has 0 fully saturated rings. The number of hydrogen-bond donors (Lipinski definition) is 1. The quantitative estimate of drug-likeness (QED) is 0.365. The summed E-state index contributed by atoms with van der Waals surface area (Å²) < 4.78 is 33.6. The van der Waals surface area contributed by atoms with Gasteiger partial charge >= 0.3 is 0 Å². The highest BCUT2D eigenvalue weighted by Crippen LogP contribution is 2.28. The molecule has 0 amide bonds. The Morgan fingerprint density at radius 1 is 0.966 bits per heavy atom. The van der Waals surface area contributed by atoms with E-state index < -0.39 is 0 Å². The van der Waals surface area contributed by atoms with E-state index >= 15 is 0 Å². The lowest BCUT2D eigenvalue weighted by Crippen LogP contribution is -2.00. The lowest BCUT2D eigenvalue weighted by atomic mass is 10.1. The average molecular weight is 455 g/mol. The van der Waals surface area contributed by atoms with E-state index in [0.29, 0.717) is 21.6 Å². The summed E-state index contributed by atoms with van der Waals surface area (Å²) >= 11 is 3.25. The van der Waals surface area contributed by atoms with Gasteiger partial charge in [-0.15, -0.1) is 0 Å². The second-order valence-corrected chi connectivity index (χ2v) is 7.56. The van der Waals surface area contributed by atoms with Gasteiger partial charge in [-0.3, -0.25) is 0 Å². The first-order valence-electron chi connectivity index (χ1n) is 8.99. The summed E-state index contributed by atoms with van der Waals surface area (Å²) in [4.78, 5) is 7.71. The molecule has 0 bridgehead atoms. The maximum atomic E-state index is 14.0. The summed E-state index contributed by atoms with van der Waals surface area (Å²) in [6.07, 6.45) is 1.81. The van der Waals surface area contributed by atoms with Crippen LogP contribution in [0.3, 0.4) is 0 Å². The zero-order chi connectivity index (χ0) is 20.4. The monoisotopic (exact) mass is 454 g/mol. The Bertz CT molecular complexity index is 1160. The zero-order valence-electron chi connectivity index (χ0n) is 15.5. The molecule has 0 aliphatic heterocycles. The van der Waals surface area contributed by atoms with Crippen LogP contribution in [0.4, 0.5) is 8.78 Å². The SMILES string of the molecule is Cc1cc(-c2c[nH]c(-c3ccc(F)cc3)n2)ccc1OCc1ccc(Br)cc1F. The second-order valence-electron chi connectivity index (χ2n) is 6.65. The molecular weight excluding hydrogens is 438 g/mol. The predicted molar refractivity (Wildman–Crippen MR) is 113 cm³/mol. The van der Waals surface area contributed by atoms with Crippen LogP contribution in [-0.2, 0) is 6.61 Å². The van der Waals surface area contributed by atoms with E-state index in [4.69, 9.17) is 4.74 Å². The molecule has 146 valence electrons. The zero-order valence-corrected chi connectivity index (χ0v) is 17.1. The summed E-state index contributed by atoms with van der Waals surface area (Å²) in [6.45, 7) is 2.08. The molecule has 6 heteroatoms. The van der Waals surface area contributed by atoms with Gasteiger partial charge in [0.25, 0.3) is 0 Å². The van der Waals surface area contributed by atoms with Crippen LogP contribution in [0.15, 0.2) is 71.3 Å². The van der Waals surface area contributed by atoms with Crippen LogP contribution in [-0.4, -0.2) is 9.97 Å². The lowest BCUT2D eigenvalue weighted by Gasteiger charge is -2.11. The van der Waals surface area contributed by atoms with Crippen LogP contribution in [0.5, 0.6) is 5.75 Å². The van der Waals surface area contributed by atoms with Gasteiger partial charge in [0.05, 0.1) is 5.69 Å². The number of nitrogens with one attached hydrogen (secondary N) is 1. The van der Waals surface area contributed by atoms with Crippen LogP contribution >= 0.6 is 15.9 Å². The first kappa shape index (κ1) is 19.3. The van der Waals surface area contributed by atoms with Gasteiger partial charge in [0.15, 0.2) is 0 Å². The van der Waals surface area contributed by atoms with Gasteiger partial charge in [0, 0.05) is 27.4 Å². The van der Waals surface area contributed by atoms with E-state index in [0.717, 1.165) is 22.4 Å². The summed E-state index contributed by atoms with van der Waals surface area (Å²) in [5.41, 5.74) is 3.93. The van der Waals surface area contributed by atoms with E-state index in [1.54, 1.807) is 24.3 Å². The molecule has 0 unspecified atom stereocenters. The third-order valence-electron chi connectivity index (χ3n) is 4.56. The fourth-order valence-electron chi connectivity index (χ4n) is 2.99. The van der Waals surface area contributed by atoms with Gasteiger partial charge in [0.1, 0.15) is 29.8 Å². The van der Waals surface area contributed by atoms with Crippen molar-refractivity contribution in [3.63, 3.8) is 0 Å². The minimum Gasteiger partial charge on any atom is -0.489 e. The molecule has 1 aromatic heterocycles. The number of aromatic amines is 1. The molecule has 0 aliphatic carbocycles. The van der Waals surface area contributed by atoms with Crippen molar-refractivity contribution in [2.75, 3.05) is 0 Å². The fraction of sp³-hybridized carbons (Fsp3) is 0.0870. The normalized spacial score (nSPS) is 10.9. The molecule has 4 aromatic rings. The van der Waals surface area contributed by atoms with Crippen LogP contribution in [0.25, 0.3) is 22.6 Å². The standard InChI is InChI=1S/C23H17BrF2N2O/c1-14-10-16(21-12-27-23(28-21)15-3-7-19(25)8-4-15)5-9-22(14)29-13-17-2-6-18(24)11-20(17)26/h2-12H,13H2,1H3,(H,27,28). The van der Waals surface area contributed by atoms with Crippen LogP contribution in [0.2, 0.25) is 0 Å². The predicted octanol–water partition coefficient (Wildman–Crippen LogP) is 6.67. The highest BCUT2D eigenvalue weighted by atomic mass is 79.9. The van der Waals surface area contributed by atoms with Crippen molar-refractivity contribution < 1.29 is 13.5 Å². The van der Waals surface area contributed by atoms with Crippen LogP contribution in [0, 0.1) is 18.6 Å². The molecule has 29 heavy (non-hydrogen) atoms. The lowest BCUT2D eigenvalue weighted by molar-refractivity contribution is 0.298. The summed E-state index contributed by atoms with van der Waals surface area (Å²) in [5, 5.41) is 0. The van der Waals surface area contributed by atoms with E-state index in [2.05, 4.69) is 25.9 Å². The Kier molecular flexibility index (Phi) is 5.45. The number of imidazole rings is 1. The number of benzene rings is 3. The Hall–Kier alpha value is -2.99. The van der Waals surface area contributed by atoms with Crippen molar-refractivity contribution in [2.45, 2.75) is 13.5 Å². The van der Waals surface area contributed by atoms with Gasteiger partial charge in [-0.1, -0.05) is 22.0 Å². The number of aryl methyl sites for hydroxylation is 1. The highest BCUT2D eigenvalue weighted by molar-refractivity contribution is 9.10. The third kappa shape index (κ3) is 4.38. The maximum Gasteiger partial charge on any atom is 0.138 e. The second kappa shape index (κ2) is 8.17. The number of ether oxygens (including phenoxy) is 1. The molecular formula is C23H17BrF2N2O. The molecule has 0 saturated heterocycles. The number of rotatable bonds is 5. The van der Waals surface area contributed by atoms with E-state index in [1.165, 1.54) is 18.2 Å². The van der Waals surface area contributed by atoms with Crippen molar-refractivity contribution in [2.24, 2.45) is 0 Å². The molecule has 1 N–H and O–H groups in total. The summed E-state index contributed by atoms with van der Waals surface area (Å²) in [7, 11) is 0. The van der Waals surface area contributed by atoms with Crippen molar-refractivity contribution in [3.05, 3.63) is 94.1 Å². The van der Waals surface area contributed by atoms with E-state index in [1.807, 2.05) is 31.3 Å². The van der Waals surface area contributed by atoms with Crippen molar-refractivity contribution in [3.8, 4) is 28.4 Å². The van der Waals surface area contributed by atoms with Crippen molar-refractivity contribution in [1.82, 2.24) is 9.97 Å². The molecule has 0 radical (unpaired) electrons. The van der Waals surface area contributed by atoms with Gasteiger partial charge in [-0.2, -0.15) is 0 Å². The number of halogens is 3. The molecule has 0 atom stereocenters. The number of aromatic nitrogens is 2. The highest BCUT2D eigenvalue weighted by Gasteiger charge is 2.10. The molecule has 4 rings (SSSR count). The smallest absolute Gasteiger partial charge is 0.138 e. The topological polar surface area (TPSA) is 37.9 Å². The number of H-pyrrole nitrogens is 1. The third-order valence-corrected chi connectivity index (χ3v) is 5.06. The van der Waals surface area contributed by atoms with E-state index in [9.17, 15) is 8.78 Å². The maximum absolute atomic E-state index is 14.0.